The predicted molar refractivity (Wildman–Crippen MR) is 82.1 cm³/mol. The summed E-state index contributed by atoms with van der Waals surface area (Å²) in [6, 6.07) is 10.9. The van der Waals surface area contributed by atoms with Gasteiger partial charge in [-0.3, -0.25) is 0 Å². The summed E-state index contributed by atoms with van der Waals surface area (Å²) >= 11 is 6.15. The second kappa shape index (κ2) is 5.01. The van der Waals surface area contributed by atoms with Crippen molar-refractivity contribution in [3.05, 3.63) is 35.9 Å². The Morgan fingerprint density at radius 3 is 2.95 bits per heavy atom. The Morgan fingerprint density at radius 1 is 1.37 bits per heavy atom. The van der Waals surface area contributed by atoms with Crippen LogP contribution in [0.1, 0.15) is 18.9 Å². The van der Waals surface area contributed by atoms with Crippen molar-refractivity contribution < 1.29 is 0 Å². The third-order valence-electron chi connectivity index (χ3n) is 4.20. The number of alkyl halides is 1. The lowest BCUT2D eigenvalue weighted by atomic mass is 10.0. The number of fused-ring (bicyclic) bond motifs is 1. The maximum Gasteiger partial charge on any atom is 0.132 e. The van der Waals surface area contributed by atoms with E-state index in [4.69, 9.17) is 16.6 Å². The van der Waals surface area contributed by atoms with Gasteiger partial charge >= 0.3 is 0 Å². The predicted octanol–water partition coefficient (Wildman–Crippen LogP) is 4.00. The first kappa shape index (κ1) is 12.7. The number of rotatable bonds is 2. The highest BCUT2D eigenvalue weighted by atomic mass is 35.5. The van der Waals surface area contributed by atoms with Crippen LogP contribution in [-0.2, 0) is 0 Å². The number of nitrogens with zero attached hydrogens (tertiary/aromatic N) is 2. The van der Waals surface area contributed by atoms with Crippen molar-refractivity contribution in [2.45, 2.75) is 26.3 Å². The minimum absolute atomic E-state index is 0.411. The zero-order valence-electron chi connectivity index (χ0n) is 11.4. The normalized spacial score (nSPS) is 23.2. The van der Waals surface area contributed by atoms with E-state index in [1.807, 2.05) is 6.07 Å². The van der Waals surface area contributed by atoms with Crippen LogP contribution in [0.25, 0.3) is 10.9 Å². The minimum atomic E-state index is 0.411. The fraction of sp³-hybridized carbons (Fsp3) is 0.438. The van der Waals surface area contributed by atoms with Gasteiger partial charge in [-0.15, -0.1) is 11.6 Å². The summed E-state index contributed by atoms with van der Waals surface area (Å²) in [6.07, 6.45) is 1.20. The third kappa shape index (κ3) is 2.18. The number of anilines is 1. The molecule has 0 bridgehead atoms. The molecule has 2 aromatic rings. The molecule has 2 unspecified atom stereocenters. The van der Waals surface area contributed by atoms with Gasteiger partial charge in [0.05, 0.1) is 5.52 Å². The van der Waals surface area contributed by atoms with E-state index in [1.165, 1.54) is 17.4 Å². The molecule has 1 saturated heterocycles. The van der Waals surface area contributed by atoms with Crippen LogP contribution >= 0.6 is 11.6 Å². The van der Waals surface area contributed by atoms with Gasteiger partial charge in [0.2, 0.25) is 0 Å². The molecular weight excluding hydrogens is 256 g/mol. The Labute approximate surface area is 119 Å². The van der Waals surface area contributed by atoms with E-state index in [0.717, 1.165) is 17.9 Å². The Bertz CT molecular complexity index is 596. The fourth-order valence-corrected chi connectivity index (χ4v) is 3.48. The highest BCUT2D eigenvalue weighted by Crippen LogP contribution is 2.32. The van der Waals surface area contributed by atoms with Crippen LogP contribution in [0.3, 0.4) is 0 Å². The molecule has 0 amide bonds. The summed E-state index contributed by atoms with van der Waals surface area (Å²) in [6.45, 7) is 5.48. The van der Waals surface area contributed by atoms with Crippen molar-refractivity contribution in [1.29, 1.82) is 0 Å². The molecule has 2 heterocycles. The van der Waals surface area contributed by atoms with Gasteiger partial charge in [0.25, 0.3) is 0 Å². The molecule has 0 spiro atoms. The molecule has 2 nitrogen and oxygen atoms in total. The number of benzene rings is 1. The van der Waals surface area contributed by atoms with Gasteiger partial charge in [0.1, 0.15) is 5.82 Å². The molecule has 0 N–H and O–H groups in total. The zero-order chi connectivity index (χ0) is 13.4. The number of halogens is 1. The fourth-order valence-electron chi connectivity index (χ4n) is 3.01. The monoisotopic (exact) mass is 274 g/mol. The summed E-state index contributed by atoms with van der Waals surface area (Å²) < 4.78 is 0. The smallest absolute Gasteiger partial charge is 0.132 e. The molecule has 2 atom stereocenters. The highest BCUT2D eigenvalue weighted by molar-refractivity contribution is 6.18. The molecule has 3 heteroatoms. The second-order valence-corrected chi connectivity index (χ2v) is 5.81. The van der Waals surface area contributed by atoms with Gasteiger partial charge < -0.3 is 4.90 Å². The highest BCUT2D eigenvalue weighted by Gasteiger charge is 2.32. The number of aryl methyl sites for hydroxylation is 1. The Kier molecular flexibility index (Phi) is 3.36. The summed E-state index contributed by atoms with van der Waals surface area (Å²) in [4.78, 5) is 7.25. The van der Waals surface area contributed by atoms with E-state index in [9.17, 15) is 0 Å². The molecule has 100 valence electrons. The molecule has 1 fully saturated rings. The standard InChI is InChI=1S/C16H19ClN2/c1-11-7-8-19(15(11)10-17)16-12(2)9-13-5-3-4-6-14(13)18-16/h3-6,9,11,15H,7-8,10H2,1-2H3. The first-order chi connectivity index (χ1) is 9.20. The molecule has 1 aliphatic heterocycles. The average molecular weight is 275 g/mol. The van der Waals surface area contributed by atoms with E-state index in [1.54, 1.807) is 0 Å². The zero-order valence-corrected chi connectivity index (χ0v) is 12.2. The van der Waals surface area contributed by atoms with Crippen molar-refractivity contribution in [3.8, 4) is 0 Å². The van der Waals surface area contributed by atoms with Crippen LogP contribution in [0.2, 0.25) is 0 Å². The SMILES string of the molecule is Cc1cc2ccccc2nc1N1CCC(C)C1CCl. The lowest BCUT2D eigenvalue weighted by Crippen LogP contribution is -2.34. The number of pyridine rings is 1. The van der Waals surface area contributed by atoms with E-state index in [-0.39, 0.29) is 0 Å². The van der Waals surface area contributed by atoms with Crippen LogP contribution < -0.4 is 4.90 Å². The quantitative estimate of drug-likeness (QED) is 0.770. The molecule has 3 rings (SSSR count). The van der Waals surface area contributed by atoms with Crippen LogP contribution in [-0.4, -0.2) is 23.5 Å². The van der Waals surface area contributed by atoms with Crippen molar-refractivity contribution >= 4 is 28.3 Å². The number of para-hydroxylation sites is 1. The van der Waals surface area contributed by atoms with Gasteiger partial charge in [-0.25, -0.2) is 4.98 Å². The third-order valence-corrected chi connectivity index (χ3v) is 4.52. The number of hydrogen-bond acceptors (Lipinski definition) is 2. The summed E-state index contributed by atoms with van der Waals surface area (Å²) in [7, 11) is 0. The number of aromatic nitrogens is 1. The van der Waals surface area contributed by atoms with Gasteiger partial charge in [-0.2, -0.15) is 0 Å². The Hall–Kier alpha value is -1.28. The van der Waals surface area contributed by atoms with Crippen LogP contribution in [0.15, 0.2) is 30.3 Å². The topological polar surface area (TPSA) is 16.1 Å². The Balaban J connectivity index is 2.07. The molecule has 0 aliphatic carbocycles. The van der Waals surface area contributed by atoms with Gasteiger partial charge in [0.15, 0.2) is 0 Å². The first-order valence-electron chi connectivity index (χ1n) is 6.89. The summed E-state index contributed by atoms with van der Waals surface area (Å²) in [5, 5.41) is 1.21. The molecular formula is C16H19ClN2. The maximum absolute atomic E-state index is 6.15. The van der Waals surface area contributed by atoms with Gasteiger partial charge in [-0.1, -0.05) is 25.1 Å². The largest absolute Gasteiger partial charge is 0.352 e. The van der Waals surface area contributed by atoms with Crippen molar-refractivity contribution in [2.75, 3.05) is 17.3 Å². The minimum Gasteiger partial charge on any atom is -0.352 e. The molecule has 1 aliphatic rings. The number of hydrogen-bond donors (Lipinski definition) is 0. The van der Waals surface area contributed by atoms with Gasteiger partial charge in [0, 0.05) is 23.9 Å². The molecule has 1 aromatic carbocycles. The average Bonchev–Trinajstić information content (AvgIpc) is 2.78. The van der Waals surface area contributed by atoms with Gasteiger partial charge in [-0.05, 0) is 37.0 Å². The van der Waals surface area contributed by atoms with E-state index < -0.39 is 0 Å². The maximum atomic E-state index is 6.15. The molecule has 19 heavy (non-hydrogen) atoms. The summed E-state index contributed by atoms with van der Waals surface area (Å²) in [5.74, 6) is 2.42. The Morgan fingerprint density at radius 2 is 2.16 bits per heavy atom. The van der Waals surface area contributed by atoms with Crippen molar-refractivity contribution in [3.63, 3.8) is 0 Å². The lowest BCUT2D eigenvalue weighted by Gasteiger charge is -2.27. The second-order valence-electron chi connectivity index (χ2n) is 5.50. The van der Waals surface area contributed by atoms with E-state index in [2.05, 4.69) is 43.0 Å². The lowest BCUT2D eigenvalue weighted by molar-refractivity contribution is 0.548. The van der Waals surface area contributed by atoms with Crippen LogP contribution in [0.5, 0.6) is 0 Å². The van der Waals surface area contributed by atoms with Crippen LogP contribution in [0, 0.1) is 12.8 Å². The molecule has 1 aromatic heterocycles. The van der Waals surface area contributed by atoms with Crippen molar-refractivity contribution in [1.82, 2.24) is 4.98 Å². The molecule has 0 radical (unpaired) electrons. The van der Waals surface area contributed by atoms with Crippen LogP contribution in [0.4, 0.5) is 5.82 Å². The summed E-state index contributed by atoms with van der Waals surface area (Å²) in [5.41, 5.74) is 2.30. The molecule has 0 saturated carbocycles. The van der Waals surface area contributed by atoms with E-state index in [0.29, 0.717) is 17.8 Å². The van der Waals surface area contributed by atoms with E-state index >= 15 is 0 Å². The van der Waals surface area contributed by atoms with Crippen molar-refractivity contribution in [2.24, 2.45) is 5.92 Å². The first-order valence-corrected chi connectivity index (χ1v) is 7.43.